The number of carbonyl (C=O) groups is 1. The van der Waals surface area contributed by atoms with E-state index in [0.29, 0.717) is 6.42 Å². The van der Waals surface area contributed by atoms with Crippen molar-refractivity contribution in [3.05, 3.63) is 35.9 Å². The zero-order valence-corrected chi connectivity index (χ0v) is 9.25. The molecule has 0 aliphatic heterocycles. The maximum atomic E-state index is 10.4. The molecule has 0 bridgehead atoms. The van der Waals surface area contributed by atoms with Crippen molar-refractivity contribution in [1.82, 2.24) is 0 Å². The Balaban J connectivity index is 0.00000144. The second-order valence-electron chi connectivity index (χ2n) is 2.63. The summed E-state index contributed by atoms with van der Waals surface area (Å²) in [5.41, 5.74) is 6.30. The number of carboxylic acids is 1. The largest absolute Gasteiger partial charge is 0.480 e. The summed E-state index contributed by atoms with van der Waals surface area (Å²) in [6.45, 7) is 0. The SMILES string of the molecule is N[C@@H](Cc1ccccc1)C(=O)O.[Nb]. The van der Waals surface area contributed by atoms with Crippen LogP contribution in [-0.4, -0.2) is 17.1 Å². The molecule has 3 N–H and O–H groups in total. The van der Waals surface area contributed by atoms with E-state index in [9.17, 15) is 4.79 Å². The van der Waals surface area contributed by atoms with Crippen molar-refractivity contribution >= 4 is 5.97 Å². The van der Waals surface area contributed by atoms with Gasteiger partial charge in [-0.15, -0.1) is 0 Å². The molecule has 4 heteroatoms. The minimum Gasteiger partial charge on any atom is -0.480 e. The van der Waals surface area contributed by atoms with Crippen LogP contribution in [0.1, 0.15) is 5.56 Å². The van der Waals surface area contributed by atoms with Gasteiger partial charge in [-0.3, -0.25) is 4.79 Å². The predicted molar refractivity (Wildman–Crippen MR) is 45.8 cm³/mol. The number of rotatable bonds is 3. The molecule has 1 atom stereocenters. The number of hydrogen-bond donors (Lipinski definition) is 2. The minimum absolute atomic E-state index is 0. The molecule has 1 radical (unpaired) electrons. The molecule has 0 amide bonds. The summed E-state index contributed by atoms with van der Waals surface area (Å²) in [4.78, 5) is 10.4. The molecule has 0 saturated heterocycles. The fraction of sp³-hybridized carbons (Fsp3) is 0.222. The standard InChI is InChI=1S/C9H11NO2.Nb/c10-8(9(11)12)6-7-4-2-1-3-5-7;/h1-5,8H,6,10H2,(H,11,12);/t8-;/m0./s1. The van der Waals surface area contributed by atoms with Crippen molar-refractivity contribution in [2.75, 3.05) is 0 Å². The molecule has 0 aliphatic rings. The smallest absolute Gasteiger partial charge is 0.320 e. The second-order valence-corrected chi connectivity index (χ2v) is 2.63. The van der Waals surface area contributed by atoms with Crippen molar-refractivity contribution in [2.24, 2.45) is 5.73 Å². The van der Waals surface area contributed by atoms with Gasteiger partial charge in [0, 0.05) is 22.4 Å². The Labute approximate surface area is 92.5 Å². The molecule has 0 unspecified atom stereocenters. The molecule has 1 aromatic rings. The van der Waals surface area contributed by atoms with Crippen LogP contribution in [-0.2, 0) is 33.6 Å². The first kappa shape index (κ1) is 12.4. The van der Waals surface area contributed by atoms with Crippen molar-refractivity contribution in [3.8, 4) is 0 Å². The fourth-order valence-corrected chi connectivity index (χ4v) is 0.955. The van der Waals surface area contributed by atoms with Crippen LogP contribution in [0.25, 0.3) is 0 Å². The molecule has 0 aliphatic carbocycles. The molecule has 1 rings (SSSR count). The number of aliphatic carboxylic acids is 1. The van der Waals surface area contributed by atoms with Crippen molar-refractivity contribution in [3.63, 3.8) is 0 Å². The summed E-state index contributed by atoms with van der Waals surface area (Å²) in [6.07, 6.45) is 0.385. The van der Waals surface area contributed by atoms with E-state index in [2.05, 4.69) is 0 Å². The van der Waals surface area contributed by atoms with Crippen LogP contribution >= 0.6 is 0 Å². The van der Waals surface area contributed by atoms with Gasteiger partial charge in [0.2, 0.25) is 0 Å². The Morgan fingerprint density at radius 2 is 1.92 bits per heavy atom. The van der Waals surface area contributed by atoms with Crippen molar-refractivity contribution in [1.29, 1.82) is 0 Å². The molecular weight excluding hydrogens is 247 g/mol. The van der Waals surface area contributed by atoms with E-state index in [0.717, 1.165) is 5.56 Å². The number of hydrogen-bond acceptors (Lipinski definition) is 2. The van der Waals surface area contributed by atoms with Gasteiger partial charge in [0.05, 0.1) is 0 Å². The van der Waals surface area contributed by atoms with E-state index in [1.807, 2.05) is 30.3 Å². The Morgan fingerprint density at radius 1 is 1.38 bits per heavy atom. The summed E-state index contributed by atoms with van der Waals surface area (Å²) >= 11 is 0. The van der Waals surface area contributed by atoms with Crippen LogP contribution in [0.2, 0.25) is 0 Å². The zero-order valence-electron chi connectivity index (χ0n) is 7.05. The fourth-order valence-electron chi connectivity index (χ4n) is 0.955. The van der Waals surface area contributed by atoms with Crippen LogP contribution < -0.4 is 5.73 Å². The third-order valence-electron chi connectivity index (χ3n) is 1.62. The van der Waals surface area contributed by atoms with Gasteiger partial charge in [0.25, 0.3) is 0 Å². The summed E-state index contributed by atoms with van der Waals surface area (Å²) in [6, 6.07) is 8.54. The predicted octanol–water partition coefficient (Wildman–Crippen LogP) is 0.639. The van der Waals surface area contributed by atoms with Crippen LogP contribution in [0.5, 0.6) is 0 Å². The first-order chi connectivity index (χ1) is 5.70. The molecule has 69 valence electrons. The summed E-state index contributed by atoms with van der Waals surface area (Å²) < 4.78 is 0. The normalized spacial score (nSPS) is 11.5. The second kappa shape index (κ2) is 5.94. The molecular formula is C9H11NNbO2. The quantitative estimate of drug-likeness (QED) is 0.782. The summed E-state index contributed by atoms with van der Waals surface area (Å²) in [5, 5.41) is 8.52. The number of benzene rings is 1. The van der Waals surface area contributed by atoms with E-state index >= 15 is 0 Å². The van der Waals surface area contributed by atoms with Crippen molar-refractivity contribution < 1.29 is 32.3 Å². The molecule has 0 spiro atoms. The van der Waals surface area contributed by atoms with Gasteiger partial charge >= 0.3 is 5.97 Å². The van der Waals surface area contributed by atoms with Crippen LogP contribution in [0.3, 0.4) is 0 Å². The van der Waals surface area contributed by atoms with Gasteiger partial charge < -0.3 is 10.8 Å². The van der Waals surface area contributed by atoms with E-state index in [1.54, 1.807) is 0 Å². The maximum Gasteiger partial charge on any atom is 0.320 e. The van der Waals surface area contributed by atoms with Gasteiger partial charge in [-0.1, -0.05) is 30.3 Å². The third-order valence-corrected chi connectivity index (χ3v) is 1.62. The zero-order chi connectivity index (χ0) is 8.97. The number of carboxylic acid groups (broad SMARTS) is 1. The Kier molecular flexibility index (Phi) is 5.66. The molecule has 13 heavy (non-hydrogen) atoms. The van der Waals surface area contributed by atoms with E-state index in [1.165, 1.54) is 0 Å². The Hall–Kier alpha value is -0.610. The molecule has 0 saturated carbocycles. The Bertz CT molecular complexity index is 264. The molecule has 0 heterocycles. The van der Waals surface area contributed by atoms with Gasteiger partial charge in [-0.2, -0.15) is 0 Å². The maximum absolute atomic E-state index is 10.4. The van der Waals surface area contributed by atoms with E-state index in [4.69, 9.17) is 10.8 Å². The topological polar surface area (TPSA) is 63.3 Å². The summed E-state index contributed by atoms with van der Waals surface area (Å²) in [7, 11) is 0. The summed E-state index contributed by atoms with van der Waals surface area (Å²) in [5.74, 6) is -0.959. The van der Waals surface area contributed by atoms with Gasteiger partial charge in [-0.25, -0.2) is 0 Å². The van der Waals surface area contributed by atoms with Gasteiger partial charge in [-0.05, 0) is 12.0 Å². The minimum atomic E-state index is -0.959. The van der Waals surface area contributed by atoms with E-state index in [-0.39, 0.29) is 22.4 Å². The van der Waals surface area contributed by atoms with Gasteiger partial charge in [0.1, 0.15) is 6.04 Å². The third kappa shape index (κ3) is 4.24. The first-order valence-corrected chi connectivity index (χ1v) is 3.72. The molecule has 0 aromatic heterocycles. The Morgan fingerprint density at radius 3 is 2.38 bits per heavy atom. The molecule has 1 aromatic carbocycles. The van der Waals surface area contributed by atoms with Crippen molar-refractivity contribution in [2.45, 2.75) is 12.5 Å². The van der Waals surface area contributed by atoms with E-state index < -0.39 is 12.0 Å². The number of nitrogens with two attached hydrogens (primary N) is 1. The molecule has 3 nitrogen and oxygen atoms in total. The monoisotopic (exact) mass is 258 g/mol. The van der Waals surface area contributed by atoms with Crippen LogP contribution in [0, 0.1) is 0 Å². The van der Waals surface area contributed by atoms with Gasteiger partial charge in [0.15, 0.2) is 0 Å². The van der Waals surface area contributed by atoms with Crippen LogP contribution in [0.4, 0.5) is 0 Å². The molecule has 0 fully saturated rings. The average molecular weight is 258 g/mol. The average Bonchev–Trinajstić information content (AvgIpc) is 2.06. The van der Waals surface area contributed by atoms with Crippen LogP contribution in [0.15, 0.2) is 30.3 Å². The first-order valence-electron chi connectivity index (χ1n) is 3.72.